The Hall–Kier alpha value is -1.39. The Labute approximate surface area is 125 Å². The van der Waals surface area contributed by atoms with Crippen LogP contribution < -0.4 is 11.1 Å². The lowest BCUT2D eigenvalue weighted by Crippen LogP contribution is -2.20. The Morgan fingerprint density at radius 1 is 1.25 bits per heavy atom. The van der Waals surface area contributed by atoms with Crippen LogP contribution in [-0.2, 0) is 6.42 Å². The maximum absolute atomic E-state index is 5.68. The van der Waals surface area contributed by atoms with Crippen molar-refractivity contribution in [3.63, 3.8) is 0 Å². The van der Waals surface area contributed by atoms with Gasteiger partial charge in [-0.25, -0.2) is 4.98 Å². The van der Waals surface area contributed by atoms with Crippen molar-refractivity contribution in [1.82, 2.24) is 10.3 Å². The molecule has 0 saturated carbocycles. The second-order valence-electron chi connectivity index (χ2n) is 5.20. The molecule has 0 radical (unpaired) electrons. The highest BCUT2D eigenvalue weighted by atomic mass is 32.1. The summed E-state index contributed by atoms with van der Waals surface area (Å²) in [7, 11) is 0. The van der Waals surface area contributed by atoms with Gasteiger partial charge in [0.2, 0.25) is 0 Å². The van der Waals surface area contributed by atoms with Crippen molar-refractivity contribution in [3.05, 3.63) is 45.4 Å². The fourth-order valence-electron chi connectivity index (χ4n) is 2.34. The molecule has 3 nitrogen and oxygen atoms in total. The molecule has 2 aromatic rings. The number of nitrogens with zero attached hydrogens (tertiary/aromatic N) is 1. The summed E-state index contributed by atoms with van der Waals surface area (Å²) in [5, 5.41) is 4.73. The van der Waals surface area contributed by atoms with Gasteiger partial charge in [0.1, 0.15) is 0 Å². The van der Waals surface area contributed by atoms with Crippen LogP contribution in [0.4, 0.5) is 5.69 Å². The number of nitrogens with two attached hydrogens (primary N) is 1. The van der Waals surface area contributed by atoms with Gasteiger partial charge in [0.25, 0.3) is 0 Å². The zero-order valence-electron chi connectivity index (χ0n) is 12.4. The predicted octanol–water partition coefficient (Wildman–Crippen LogP) is 3.63. The van der Waals surface area contributed by atoms with Gasteiger partial charge >= 0.3 is 0 Å². The monoisotopic (exact) mass is 289 g/mol. The van der Waals surface area contributed by atoms with Crippen molar-refractivity contribution in [3.8, 4) is 0 Å². The zero-order valence-corrected chi connectivity index (χ0v) is 13.3. The Morgan fingerprint density at radius 3 is 2.55 bits per heavy atom. The number of benzene rings is 1. The Balaban J connectivity index is 1.75. The minimum absolute atomic E-state index is 0.382. The van der Waals surface area contributed by atoms with Gasteiger partial charge in [0.15, 0.2) is 0 Å². The van der Waals surface area contributed by atoms with E-state index >= 15 is 0 Å². The van der Waals surface area contributed by atoms with Crippen molar-refractivity contribution in [2.45, 2.75) is 39.7 Å². The molecule has 0 bridgehead atoms. The van der Waals surface area contributed by atoms with E-state index in [0.717, 1.165) is 35.8 Å². The van der Waals surface area contributed by atoms with Gasteiger partial charge < -0.3 is 11.1 Å². The largest absolute Gasteiger partial charge is 0.399 e. The van der Waals surface area contributed by atoms with E-state index < -0.39 is 0 Å². The molecule has 1 heterocycles. The number of rotatable bonds is 6. The van der Waals surface area contributed by atoms with E-state index in [1.165, 1.54) is 10.4 Å². The molecule has 1 aromatic carbocycles. The molecule has 1 unspecified atom stereocenters. The van der Waals surface area contributed by atoms with Crippen LogP contribution in [0.5, 0.6) is 0 Å². The molecule has 0 saturated heterocycles. The number of hydrogen-bond acceptors (Lipinski definition) is 4. The first-order chi connectivity index (χ1) is 9.56. The molecule has 0 aliphatic carbocycles. The normalized spacial score (nSPS) is 12.6. The standard InChI is InChI=1S/C16H23N3S/c1-11(16-12(2)19-13(3)20-16)18-10-4-5-14-6-8-15(17)9-7-14/h6-9,11,18H,4-5,10,17H2,1-3H3. The number of aromatic nitrogens is 1. The molecule has 3 N–H and O–H groups in total. The average molecular weight is 289 g/mol. The minimum Gasteiger partial charge on any atom is -0.399 e. The van der Waals surface area contributed by atoms with Crippen LogP contribution in [-0.4, -0.2) is 11.5 Å². The van der Waals surface area contributed by atoms with Gasteiger partial charge in [0, 0.05) is 16.6 Å². The van der Waals surface area contributed by atoms with E-state index in [4.69, 9.17) is 5.73 Å². The maximum atomic E-state index is 5.68. The van der Waals surface area contributed by atoms with Crippen molar-refractivity contribution >= 4 is 17.0 Å². The van der Waals surface area contributed by atoms with Crippen LogP contribution in [0.3, 0.4) is 0 Å². The fraction of sp³-hybridized carbons (Fsp3) is 0.438. The molecule has 0 aliphatic rings. The van der Waals surface area contributed by atoms with Crippen molar-refractivity contribution in [2.75, 3.05) is 12.3 Å². The lowest BCUT2D eigenvalue weighted by Gasteiger charge is -2.12. The predicted molar refractivity (Wildman–Crippen MR) is 87.2 cm³/mol. The van der Waals surface area contributed by atoms with Crippen LogP contribution in [0.1, 0.15) is 40.5 Å². The highest BCUT2D eigenvalue weighted by molar-refractivity contribution is 7.11. The first kappa shape index (κ1) is 15.0. The number of nitrogens with one attached hydrogen (secondary N) is 1. The molecule has 1 aromatic heterocycles. The third kappa shape index (κ3) is 4.05. The molecule has 20 heavy (non-hydrogen) atoms. The average Bonchev–Trinajstić information content (AvgIpc) is 2.75. The van der Waals surface area contributed by atoms with Crippen molar-refractivity contribution in [2.24, 2.45) is 0 Å². The summed E-state index contributed by atoms with van der Waals surface area (Å²) in [5.41, 5.74) is 9.02. The molecule has 0 amide bonds. The van der Waals surface area contributed by atoms with Crippen LogP contribution in [0.25, 0.3) is 0 Å². The molecular weight excluding hydrogens is 266 g/mol. The van der Waals surface area contributed by atoms with Gasteiger partial charge in [0.05, 0.1) is 10.7 Å². The Morgan fingerprint density at radius 2 is 1.95 bits per heavy atom. The Bertz CT molecular complexity index is 545. The maximum Gasteiger partial charge on any atom is 0.0900 e. The van der Waals surface area contributed by atoms with Gasteiger partial charge in [-0.2, -0.15) is 0 Å². The summed E-state index contributed by atoms with van der Waals surface area (Å²) in [6.45, 7) is 7.38. The molecule has 1 atom stereocenters. The topological polar surface area (TPSA) is 50.9 Å². The summed E-state index contributed by atoms with van der Waals surface area (Å²) in [6, 6.07) is 8.53. The molecule has 0 fully saturated rings. The van der Waals surface area contributed by atoms with Gasteiger partial charge in [-0.15, -0.1) is 11.3 Å². The smallest absolute Gasteiger partial charge is 0.0900 e. The third-order valence-electron chi connectivity index (χ3n) is 3.41. The lowest BCUT2D eigenvalue weighted by atomic mass is 10.1. The van der Waals surface area contributed by atoms with Crippen molar-refractivity contribution < 1.29 is 0 Å². The van der Waals surface area contributed by atoms with Crippen LogP contribution in [0.15, 0.2) is 24.3 Å². The molecule has 0 aliphatic heterocycles. The van der Waals surface area contributed by atoms with Crippen LogP contribution in [0.2, 0.25) is 0 Å². The quantitative estimate of drug-likeness (QED) is 0.631. The first-order valence-corrected chi connectivity index (χ1v) is 7.89. The van der Waals surface area contributed by atoms with E-state index in [2.05, 4.69) is 43.2 Å². The van der Waals surface area contributed by atoms with Gasteiger partial charge in [-0.3, -0.25) is 0 Å². The summed E-state index contributed by atoms with van der Waals surface area (Å²) >= 11 is 1.79. The number of nitrogen functional groups attached to an aromatic ring is 1. The Kier molecular flexibility index (Phi) is 5.15. The second-order valence-corrected chi connectivity index (χ2v) is 6.44. The van der Waals surface area contributed by atoms with E-state index in [-0.39, 0.29) is 0 Å². The molecule has 4 heteroatoms. The number of thiazole rings is 1. The number of aryl methyl sites for hydroxylation is 3. The van der Waals surface area contributed by atoms with Crippen molar-refractivity contribution in [1.29, 1.82) is 0 Å². The van der Waals surface area contributed by atoms with Gasteiger partial charge in [-0.1, -0.05) is 12.1 Å². The number of hydrogen-bond donors (Lipinski definition) is 2. The first-order valence-electron chi connectivity index (χ1n) is 7.08. The third-order valence-corrected chi connectivity index (χ3v) is 4.66. The highest BCUT2D eigenvalue weighted by Crippen LogP contribution is 2.24. The van der Waals surface area contributed by atoms with E-state index in [0.29, 0.717) is 6.04 Å². The van der Waals surface area contributed by atoms with E-state index in [1.807, 2.05) is 12.1 Å². The SMILES string of the molecule is Cc1nc(C)c(C(C)NCCCc2ccc(N)cc2)s1. The van der Waals surface area contributed by atoms with E-state index in [9.17, 15) is 0 Å². The lowest BCUT2D eigenvalue weighted by molar-refractivity contribution is 0.562. The molecular formula is C16H23N3S. The fourth-order valence-corrected chi connectivity index (χ4v) is 3.29. The molecule has 108 valence electrons. The van der Waals surface area contributed by atoms with E-state index in [1.54, 1.807) is 11.3 Å². The summed E-state index contributed by atoms with van der Waals surface area (Å²) in [6.07, 6.45) is 2.21. The second kappa shape index (κ2) is 6.86. The highest BCUT2D eigenvalue weighted by Gasteiger charge is 2.11. The van der Waals surface area contributed by atoms with Crippen LogP contribution >= 0.6 is 11.3 Å². The van der Waals surface area contributed by atoms with Gasteiger partial charge in [-0.05, 0) is 57.9 Å². The minimum atomic E-state index is 0.382. The zero-order chi connectivity index (χ0) is 14.5. The van der Waals surface area contributed by atoms with Crippen LogP contribution in [0, 0.1) is 13.8 Å². The molecule has 0 spiro atoms. The summed E-state index contributed by atoms with van der Waals surface area (Å²) in [4.78, 5) is 5.84. The summed E-state index contributed by atoms with van der Waals surface area (Å²) < 4.78 is 0. The number of anilines is 1. The summed E-state index contributed by atoms with van der Waals surface area (Å²) in [5.74, 6) is 0. The molecule has 2 rings (SSSR count).